The predicted molar refractivity (Wildman–Crippen MR) is 76.5 cm³/mol. The van der Waals surface area contributed by atoms with Gasteiger partial charge in [0.1, 0.15) is 0 Å². The van der Waals surface area contributed by atoms with Crippen LogP contribution in [0.4, 0.5) is 5.69 Å². The van der Waals surface area contributed by atoms with Crippen LogP contribution in [0, 0.1) is 0 Å². The first kappa shape index (κ1) is 13.6. The minimum Gasteiger partial charge on any atom is -0.389 e. The van der Waals surface area contributed by atoms with Crippen molar-refractivity contribution in [1.82, 2.24) is 0 Å². The van der Waals surface area contributed by atoms with E-state index in [0.717, 1.165) is 5.56 Å². The molecule has 0 spiro atoms. The molecule has 2 rings (SSSR count). The van der Waals surface area contributed by atoms with Gasteiger partial charge < -0.3 is 10.4 Å². The lowest BCUT2D eigenvalue weighted by atomic mass is 10.1. The van der Waals surface area contributed by atoms with E-state index in [2.05, 4.69) is 5.32 Å². The lowest BCUT2D eigenvalue weighted by Crippen LogP contribution is -2.11. The molecule has 0 fully saturated rings. The summed E-state index contributed by atoms with van der Waals surface area (Å²) in [5.74, 6) is -0.209. The van der Waals surface area contributed by atoms with Crippen LogP contribution in [0.25, 0.3) is 0 Å². The van der Waals surface area contributed by atoms with E-state index in [1.807, 2.05) is 6.07 Å². The van der Waals surface area contributed by atoms with Crippen molar-refractivity contribution < 1.29 is 9.90 Å². The van der Waals surface area contributed by atoms with Crippen LogP contribution in [0.3, 0.4) is 0 Å². The molecule has 4 heteroatoms. The van der Waals surface area contributed by atoms with Gasteiger partial charge >= 0.3 is 0 Å². The molecule has 19 heavy (non-hydrogen) atoms. The Hall–Kier alpha value is -1.84. The minimum absolute atomic E-state index is 0.209. The summed E-state index contributed by atoms with van der Waals surface area (Å²) in [6.07, 6.45) is -0.563. The van der Waals surface area contributed by atoms with Crippen molar-refractivity contribution in [3.8, 4) is 0 Å². The van der Waals surface area contributed by atoms with E-state index in [1.54, 1.807) is 49.4 Å². The Bertz CT molecular complexity index is 579. The lowest BCUT2D eigenvalue weighted by Gasteiger charge is -2.09. The second-order valence-corrected chi connectivity index (χ2v) is 4.70. The monoisotopic (exact) mass is 275 g/mol. The van der Waals surface area contributed by atoms with Gasteiger partial charge in [0, 0.05) is 16.3 Å². The molecule has 0 saturated heterocycles. The van der Waals surface area contributed by atoms with Gasteiger partial charge in [0.05, 0.1) is 6.10 Å². The number of nitrogens with one attached hydrogen (secondary N) is 1. The Morgan fingerprint density at radius 1 is 1.21 bits per heavy atom. The SMILES string of the molecule is C[C@@H](O)c1cccc(NC(=O)c2ccc(Cl)cc2)c1. The van der Waals surface area contributed by atoms with Gasteiger partial charge in [-0.1, -0.05) is 23.7 Å². The summed E-state index contributed by atoms with van der Waals surface area (Å²) in [5, 5.41) is 12.9. The van der Waals surface area contributed by atoms with Crippen molar-refractivity contribution in [2.45, 2.75) is 13.0 Å². The fraction of sp³-hybridized carbons (Fsp3) is 0.133. The molecular weight excluding hydrogens is 262 g/mol. The maximum absolute atomic E-state index is 12.0. The van der Waals surface area contributed by atoms with E-state index in [0.29, 0.717) is 16.3 Å². The zero-order valence-corrected chi connectivity index (χ0v) is 11.2. The molecule has 0 aliphatic heterocycles. The molecule has 0 radical (unpaired) electrons. The summed E-state index contributed by atoms with van der Waals surface area (Å²) in [5.41, 5.74) is 1.94. The summed E-state index contributed by atoms with van der Waals surface area (Å²) >= 11 is 5.77. The van der Waals surface area contributed by atoms with E-state index in [-0.39, 0.29) is 5.91 Å². The molecule has 98 valence electrons. The highest BCUT2D eigenvalue weighted by molar-refractivity contribution is 6.30. The predicted octanol–water partition coefficient (Wildman–Crippen LogP) is 3.65. The first-order valence-electron chi connectivity index (χ1n) is 5.91. The summed E-state index contributed by atoms with van der Waals surface area (Å²) in [4.78, 5) is 12.0. The Morgan fingerprint density at radius 3 is 2.53 bits per heavy atom. The van der Waals surface area contributed by atoms with Crippen LogP contribution in [0.5, 0.6) is 0 Å². The molecule has 2 aromatic carbocycles. The average molecular weight is 276 g/mol. The second kappa shape index (κ2) is 5.87. The number of rotatable bonds is 3. The van der Waals surface area contributed by atoms with Gasteiger partial charge in [-0.25, -0.2) is 0 Å². The molecule has 1 atom stereocenters. The third-order valence-electron chi connectivity index (χ3n) is 2.73. The summed E-state index contributed by atoms with van der Waals surface area (Å²) < 4.78 is 0. The summed E-state index contributed by atoms with van der Waals surface area (Å²) in [7, 11) is 0. The number of anilines is 1. The van der Waals surface area contributed by atoms with E-state index >= 15 is 0 Å². The molecule has 0 heterocycles. The van der Waals surface area contributed by atoms with E-state index in [9.17, 15) is 9.90 Å². The smallest absolute Gasteiger partial charge is 0.255 e. The number of carbonyl (C=O) groups excluding carboxylic acids is 1. The molecule has 2 N–H and O–H groups in total. The molecule has 0 bridgehead atoms. The quantitative estimate of drug-likeness (QED) is 0.898. The number of halogens is 1. The number of hydrogen-bond donors (Lipinski definition) is 2. The lowest BCUT2D eigenvalue weighted by molar-refractivity contribution is 0.102. The van der Waals surface area contributed by atoms with Crippen molar-refractivity contribution >= 4 is 23.2 Å². The van der Waals surface area contributed by atoms with Gasteiger partial charge in [0.2, 0.25) is 0 Å². The summed E-state index contributed by atoms with van der Waals surface area (Å²) in [6.45, 7) is 1.68. The highest BCUT2D eigenvalue weighted by atomic mass is 35.5. The Balaban J connectivity index is 2.14. The van der Waals surface area contributed by atoms with E-state index in [1.165, 1.54) is 0 Å². The minimum atomic E-state index is -0.563. The number of benzene rings is 2. The fourth-order valence-corrected chi connectivity index (χ4v) is 1.81. The standard InChI is InChI=1S/C15H14ClNO2/c1-10(18)12-3-2-4-14(9-12)17-15(19)11-5-7-13(16)8-6-11/h2-10,18H,1H3,(H,17,19)/t10-/m1/s1. The number of aliphatic hydroxyl groups is 1. The highest BCUT2D eigenvalue weighted by Crippen LogP contribution is 2.18. The molecule has 0 aliphatic rings. The number of aliphatic hydroxyl groups excluding tert-OH is 1. The summed E-state index contributed by atoms with van der Waals surface area (Å²) in [6, 6.07) is 13.8. The van der Waals surface area contributed by atoms with Gasteiger partial charge in [0.25, 0.3) is 5.91 Å². The maximum Gasteiger partial charge on any atom is 0.255 e. The van der Waals surface area contributed by atoms with Crippen LogP contribution in [0.1, 0.15) is 28.9 Å². The first-order valence-corrected chi connectivity index (χ1v) is 6.29. The highest BCUT2D eigenvalue weighted by Gasteiger charge is 2.07. The van der Waals surface area contributed by atoms with Crippen LogP contribution in [0.15, 0.2) is 48.5 Å². The van der Waals surface area contributed by atoms with Gasteiger partial charge in [-0.3, -0.25) is 4.79 Å². The normalized spacial score (nSPS) is 11.9. The van der Waals surface area contributed by atoms with Crippen molar-refractivity contribution in [3.63, 3.8) is 0 Å². The molecule has 3 nitrogen and oxygen atoms in total. The van der Waals surface area contributed by atoms with Gasteiger partial charge in [0.15, 0.2) is 0 Å². The third-order valence-corrected chi connectivity index (χ3v) is 2.99. The fourth-order valence-electron chi connectivity index (χ4n) is 1.68. The van der Waals surface area contributed by atoms with Crippen LogP contribution in [-0.4, -0.2) is 11.0 Å². The van der Waals surface area contributed by atoms with Gasteiger partial charge in [-0.05, 0) is 48.9 Å². The van der Waals surface area contributed by atoms with Crippen LogP contribution >= 0.6 is 11.6 Å². The van der Waals surface area contributed by atoms with E-state index < -0.39 is 6.10 Å². The number of amides is 1. The maximum atomic E-state index is 12.0. The van der Waals surface area contributed by atoms with Crippen LogP contribution in [0.2, 0.25) is 5.02 Å². The third kappa shape index (κ3) is 3.56. The molecule has 1 amide bonds. The van der Waals surface area contributed by atoms with Crippen molar-refractivity contribution in [2.75, 3.05) is 5.32 Å². The largest absolute Gasteiger partial charge is 0.389 e. The molecule has 0 saturated carbocycles. The first-order chi connectivity index (χ1) is 9.06. The Morgan fingerprint density at radius 2 is 1.89 bits per heavy atom. The molecular formula is C15H14ClNO2. The van der Waals surface area contributed by atoms with Gasteiger partial charge in [-0.2, -0.15) is 0 Å². The zero-order chi connectivity index (χ0) is 13.8. The van der Waals surface area contributed by atoms with Crippen molar-refractivity contribution in [2.24, 2.45) is 0 Å². The Kier molecular flexibility index (Phi) is 4.20. The van der Waals surface area contributed by atoms with Gasteiger partial charge in [-0.15, -0.1) is 0 Å². The van der Waals surface area contributed by atoms with E-state index in [4.69, 9.17) is 11.6 Å². The van der Waals surface area contributed by atoms with Crippen LogP contribution < -0.4 is 5.32 Å². The number of carbonyl (C=O) groups is 1. The molecule has 0 aromatic heterocycles. The van der Waals surface area contributed by atoms with Crippen LogP contribution in [-0.2, 0) is 0 Å². The topological polar surface area (TPSA) is 49.3 Å². The second-order valence-electron chi connectivity index (χ2n) is 4.26. The molecule has 0 aliphatic carbocycles. The zero-order valence-electron chi connectivity index (χ0n) is 10.4. The molecule has 0 unspecified atom stereocenters. The Labute approximate surface area is 116 Å². The van der Waals surface area contributed by atoms with Crippen molar-refractivity contribution in [1.29, 1.82) is 0 Å². The van der Waals surface area contributed by atoms with Crippen molar-refractivity contribution in [3.05, 3.63) is 64.7 Å². The molecule has 2 aromatic rings. The number of hydrogen-bond acceptors (Lipinski definition) is 2. The average Bonchev–Trinajstić information content (AvgIpc) is 2.39.